The lowest BCUT2D eigenvalue weighted by Crippen LogP contribution is -2.43. The molecule has 31 heavy (non-hydrogen) atoms. The van der Waals surface area contributed by atoms with E-state index in [2.05, 4.69) is 34.8 Å². The molecule has 4 rings (SSSR count). The number of rotatable bonds is 7. The topological polar surface area (TPSA) is 50.8 Å². The quantitative estimate of drug-likeness (QED) is 0.291. The zero-order chi connectivity index (χ0) is 21.8. The van der Waals surface area contributed by atoms with E-state index in [1.165, 1.54) is 0 Å². The molecule has 0 saturated carbocycles. The van der Waals surface area contributed by atoms with Crippen molar-refractivity contribution in [2.75, 3.05) is 23.9 Å². The molecule has 0 aromatic heterocycles. The van der Waals surface area contributed by atoms with E-state index in [9.17, 15) is 4.79 Å². The lowest BCUT2D eigenvalue weighted by atomic mass is 10.0. The van der Waals surface area contributed by atoms with Crippen LogP contribution in [0.15, 0.2) is 66.7 Å². The van der Waals surface area contributed by atoms with E-state index in [-0.39, 0.29) is 12.1 Å². The van der Waals surface area contributed by atoms with Gasteiger partial charge in [0.2, 0.25) is 0 Å². The van der Waals surface area contributed by atoms with Crippen LogP contribution in [0.4, 0.5) is 11.4 Å². The number of carbonyl (C=O) groups excluding carboxylic acids is 1. The molecular weight excluding hydrogens is 503 g/mol. The number of nitrogens with zero attached hydrogens (tertiary/aromatic N) is 1. The summed E-state index contributed by atoms with van der Waals surface area (Å²) in [5.74, 6) is 1.49. The highest BCUT2D eigenvalue weighted by Gasteiger charge is 2.34. The predicted octanol–water partition coefficient (Wildman–Crippen LogP) is 6.25. The number of carbonyl (C=O) groups is 1. The summed E-state index contributed by atoms with van der Waals surface area (Å²) in [6, 6.07) is 21.4. The van der Waals surface area contributed by atoms with Crippen LogP contribution in [0.1, 0.15) is 41.9 Å². The van der Waals surface area contributed by atoms with Gasteiger partial charge in [-0.05, 0) is 77.0 Å². The number of fused-ring (bicyclic) bond motifs is 1. The number of amides is 1. The summed E-state index contributed by atoms with van der Waals surface area (Å²) in [7, 11) is 1.63. The number of nitrogens with one attached hydrogen (secondary N) is 1. The number of unbranched alkanes of at least 4 members (excludes halogenated alkanes) is 1. The van der Waals surface area contributed by atoms with Gasteiger partial charge in [0, 0.05) is 15.3 Å². The molecule has 160 valence electrons. The third-order valence-corrected chi connectivity index (χ3v) is 5.95. The third-order valence-electron chi connectivity index (χ3n) is 5.28. The van der Waals surface area contributed by atoms with Gasteiger partial charge in [0.1, 0.15) is 17.7 Å². The molecule has 0 unspecified atom stereocenters. The van der Waals surface area contributed by atoms with Crippen LogP contribution in [0.25, 0.3) is 0 Å². The second-order valence-corrected chi connectivity index (χ2v) is 8.63. The first-order valence-corrected chi connectivity index (χ1v) is 11.4. The largest absolute Gasteiger partial charge is 0.497 e. The van der Waals surface area contributed by atoms with Gasteiger partial charge in [0.05, 0.1) is 25.0 Å². The van der Waals surface area contributed by atoms with Crippen LogP contribution >= 0.6 is 22.6 Å². The molecule has 3 aromatic carbocycles. The third kappa shape index (κ3) is 4.63. The number of hydrogen-bond donors (Lipinski definition) is 1. The Morgan fingerprint density at radius 2 is 1.84 bits per heavy atom. The first kappa shape index (κ1) is 21.5. The summed E-state index contributed by atoms with van der Waals surface area (Å²) in [6.07, 6.45) is 1.77. The average molecular weight is 528 g/mol. The lowest BCUT2D eigenvalue weighted by Gasteiger charge is -2.38. The van der Waals surface area contributed by atoms with E-state index in [0.29, 0.717) is 17.9 Å². The Kier molecular flexibility index (Phi) is 6.65. The summed E-state index contributed by atoms with van der Waals surface area (Å²) in [6.45, 7) is 2.85. The van der Waals surface area contributed by atoms with E-state index >= 15 is 0 Å². The van der Waals surface area contributed by atoms with Crippen LogP contribution in [-0.2, 0) is 0 Å². The van der Waals surface area contributed by atoms with Crippen molar-refractivity contribution in [2.45, 2.75) is 25.9 Å². The van der Waals surface area contributed by atoms with Crippen LogP contribution in [0.5, 0.6) is 11.5 Å². The minimum absolute atomic E-state index is 0.0474. The van der Waals surface area contributed by atoms with Gasteiger partial charge >= 0.3 is 0 Å². The number of anilines is 2. The van der Waals surface area contributed by atoms with E-state index in [1.807, 2.05) is 66.7 Å². The summed E-state index contributed by atoms with van der Waals surface area (Å²) in [5.41, 5.74) is 3.24. The molecule has 0 fully saturated rings. The molecule has 0 radical (unpaired) electrons. The fourth-order valence-corrected chi connectivity index (χ4v) is 4.11. The van der Waals surface area contributed by atoms with Crippen molar-refractivity contribution in [2.24, 2.45) is 0 Å². The molecule has 0 spiro atoms. The Morgan fingerprint density at radius 3 is 2.58 bits per heavy atom. The highest BCUT2D eigenvalue weighted by atomic mass is 127. The van der Waals surface area contributed by atoms with E-state index in [0.717, 1.165) is 39.1 Å². The van der Waals surface area contributed by atoms with Crippen molar-refractivity contribution in [1.29, 1.82) is 0 Å². The van der Waals surface area contributed by atoms with Crippen molar-refractivity contribution in [3.05, 3.63) is 81.4 Å². The molecule has 1 atom stereocenters. The van der Waals surface area contributed by atoms with Gasteiger partial charge in [-0.1, -0.05) is 31.5 Å². The first-order valence-electron chi connectivity index (χ1n) is 10.4. The smallest absolute Gasteiger partial charge is 0.262 e. The minimum atomic E-state index is -0.350. The van der Waals surface area contributed by atoms with Crippen molar-refractivity contribution < 1.29 is 14.3 Å². The Labute approximate surface area is 196 Å². The van der Waals surface area contributed by atoms with Gasteiger partial charge < -0.3 is 14.8 Å². The monoisotopic (exact) mass is 528 g/mol. The van der Waals surface area contributed by atoms with E-state index in [1.54, 1.807) is 12.0 Å². The first-order chi connectivity index (χ1) is 15.1. The molecule has 6 heteroatoms. The van der Waals surface area contributed by atoms with Crippen molar-refractivity contribution in [3.8, 4) is 11.5 Å². The second kappa shape index (κ2) is 9.60. The second-order valence-electron chi connectivity index (χ2n) is 7.38. The van der Waals surface area contributed by atoms with Gasteiger partial charge in [-0.2, -0.15) is 0 Å². The molecule has 1 N–H and O–H groups in total. The molecule has 1 heterocycles. The molecule has 0 saturated heterocycles. The van der Waals surface area contributed by atoms with Gasteiger partial charge in [-0.3, -0.25) is 9.69 Å². The fourth-order valence-electron chi connectivity index (χ4n) is 3.62. The SMILES string of the molecule is CCCCOc1ccc([C@H]2Nc3ccc(I)cc3C(=O)N2c2cccc(OC)c2)cc1. The summed E-state index contributed by atoms with van der Waals surface area (Å²) >= 11 is 2.23. The van der Waals surface area contributed by atoms with Crippen molar-refractivity contribution in [1.82, 2.24) is 0 Å². The lowest BCUT2D eigenvalue weighted by molar-refractivity contribution is 0.0975. The van der Waals surface area contributed by atoms with Crippen LogP contribution in [0.2, 0.25) is 0 Å². The number of ether oxygens (including phenoxy) is 2. The average Bonchev–Trinajstić information content (AvgIpc) is 2.80. The molecule has 5 nitrogen and oxygen atoms in total. The molecule has 0 bridgehead atoms. The zero-order valence-electron chi connectivity index (χ0n) is 17.6. The minimum Gasteiger partial charge on any atom is -0.497 e. The summed E-state index contributed by atoms with van der Waals surface area (Å²) in [5, 5.41) is 3.55. The zero-order valence-corrected chi connectivity index (χ0v) is 19.8. The Balaban J connectivity index is 1.72. The van der Waals surface area contributed by atoms with Crippen LogP contribution in [0, 0.1) is 3.57 Å². The summed E-state index contributed by atoms with van der Waals surface area (Å²) in [4.78, 5) is 15.4. The molecule has 1 aliphatic rings. The highest BCUT2D eigenvalue weighted by molar-refractivity contribution is 14.1. The Bertz CT molecular complexity index is 1070. The van der Waals surface area contributed by atoms with Gasteiger partial charge in [0.25, 0.3) is 5.91 Å². The van der Waals surface area contributed by atoms with E-state index in [4.69, 9.17) is 9.47 Å². The maximum atomic E-state index is 13.6. The van der Waals surface area contributed by atoms with Gasteiger partial charge in [-0.25, -0.2) is 0 Å². The van der Waals surface area contributed by atoms with Gasteiger partial charge in [-0.15, -0.1) is 0 Å². The normalized spacial score (nSPS) is 15.3. The standard InChI is InChI=1S/C25H25IN2O3/c1-3-4-14-31-20-11-8-17(9-12-20)24-27-23-13-10-18(26)15-22(23)25(29)28(24)19-6-5-7-21(16-19)30-2/h5-13,15-16,24,27H,3-4,14H2,1-2H3/t24-/m0/s1. The molecule has 1 aliphatic heterocycles. The highest BCUT2D eigenvalue weighted by Crippen LogP contribution is 2.38. The van der Waals surface area contributed by atoms with Crippen LogP contribution in [0.3, 0.4) is 0 Å². The van der Waals surface area contributed by atoms with Crippen LogP contribution in [-0.4, -0.2) is 19.6 Å². The Morgan fingerprint density at radius 1 is 1.03 bits per heavy atom. The van der Waals surface area contributed by atoms with Crippen molar-refractivity contribution in [3.63, 3.8) is 0 Å². The number of methoxy groups -OCH3 is 1. The number of halogens is 1. The number of hydrogen-bond acceptors (Lipinski definition) is 4. The molecule has 0 aliphatic carbocycles. The predicted molar refractivity (Wildman–Crippen MR) is 132 cm³/mol. The maximum absolute atomic E-state index is 13.6. The Hall–Kier alpha value is -2.74. The summed E-state index contributed by atoms with van der Waals surface area (Å²) < 4.78 is 12.2. The molecule has 3 aromatic rings. The molecular formula is C25H25IN2O3. The van der Waals surface area contributed by atoms with Crippen molar-refractivity contribution >= 4 is 39.9 Å². The van der Waals surface area contributed by atoms with Crippen LogP contribution < -0.4 is 19.7 Å². The van der Waals surface area contributed by atoms with Gasteiger partial charge in [0.15, 0.2) is 0 Å². The van der Waals surface area contributed by atoms with E-state index < -0.39 is 0 Å². The molecule has 1 amide bonds. The fraction of sp³-hybridized carbons (Fsp3) is 0.240. The maximum Gasteiger partial charge on any atom is 0.262 e. The number of benzene rings is 3.